The van der Waals surface area contributed by atoms with Crippen molar-refractivity contribution >= 4 is 32.5 Å². The third-order valence-electron chi connectivity index (χ3n) is 6.55. The minimum absolute atomic E-state index is 0.0391. The lowest BCUT2D eigenvalue weighted by Crippen LogP contribution is -2.25. The number of aromatic nitrogens is 2. The molecule has 9 nitrogen and oxygen atoms in total. The number of nitrogens with one attached hydrogen (secondary N) is 1. The van der Waals surface area contributed by atoms with Gasteiger partial charge in [-0.3, -0.25) is 13.9 Å². The van der Waals surface area contributed by atoms with Gasteiger partial charge in [0.15, 0.2) is 21.3 Å². The Labute approximate surface area is 190 Å². The quantitative estimate of drug-likeness (QED) is 0.627. The SMILES string of the molecule is Cn1c(=O)n(C)c2cc(S(=O)(=O)C3CCCCC3)c(NC(=O)c3ccc4c(c3)OCO4)cc21. The third kappa shape index (κ3) is 3.58. The van der Waals surface area contributed by atoms with Crippen LogP contribution >= 0.6 is 0 Å². The predicted molar refractivity (Wildman–Crippen MR) is 123 cm³/mol. The molecule has 5 rings (SSSR count). The number of anilines is 1. The van der Waals surface area contributed by atoms with Crippen LogP contribution in [0, 0.1) is 0 Å². The summed E-state index contributed by atoms with van der Waals surface area (Å²) >= 11 is 0. The van der Waals surface area contributed by atoms with Gasteiger partial charge in [-0.2, -0.15) is 0 Å². The van der Waals surface area contributed by atoms with E-state index in [1.807, 2.05) is 0 Å². The van der Waals surface area contributed by atoms with Crippen LogP contribution in [0.15, 0.2) is 40.0 Å². The van der Waals surface area contributed by atoms with Crippen LogP contribution in [0.1, 0.15) is 42.5 Å². The van der Waals surface area contributed by atoms with E-state index >= 15 is 0 Å². The van der Waals surface area contributed by atoms with Crippen molar-refractivity contribution in [1.82, 2.24) is 9.13 Å². The van der Waals surface area contributed by atoms with Gasteiger partial charge in [-0.15, -0.1) is 0 Å². The van der Waals surface area contributed by atoms with E-state index < -0.39 is 21.0 Å². The van der Waals surface area contributed by atoms with Crippen molar-refractivity contribution in [1.29, 1.82) is 0 Å². The molecule has 2 aliphatic rings. The van der Waals surface area contributed by atoms with Crippen molar-refractivity contribution in [2.24, 2.45) is 14.1 Å². The summed E-state index contributed by atoms with van der Waals surface area (Å²) in [5.41, 5.74) is 1.23. The summed E-state index contributed by atoms with van der Waals surface area (Å²) in [6.07, 6.45) is 3.91. The van der Waals surface area contributed by atoms with E-state index in [9.17, 15) is 18.0 Å². The lowest BCUT2D eigenvalue weighted by Gasteiger charge is -2.23. The monoisotopic (exact) mass is 471 g/mol. The molecule has 1 saturated carbocycles. The van der Waals surface area contributed by atoms with Crippen LogP contribution < -0.4 is 20.5 Å². The van der Waals surface area contributed by atoms with Gasteiger partial charge in [0.1, 0.15) is 0 Å². The number of hydrogen-bond acceptors (Lipinski definition) is 6. The molecule has 0 saturated heterocycles. The molecule has 2 aromatic carbocycles. The van der Waals surface area contributed by atoms with E-state index in [1.165, 1.54) is 15.2 Å². The molecule has 1 aliphatic carbocycles. The Morgan fingerprint density at radius 2 is 1.64 bits per heavy atom. The maximum Gasteiger partial charge on any atom is 0.328 e. The highest BCUT2D eigenvalue weighted by molar-refractivity contribution is 7.92. The van der Waals surface area contributed by atoms with Crippen LogP contribution in [-0.4, -0.2) is 35.5 Å². The largest absolute Gasteiger partial charge is 0.454 e. The molecule has 0 radical (unpaired) electrons. The predicted octanol–water partition coefficient (Wildman–Crippen LogP) is 2.96. The number of carbonyl (C=O) groups is 1. The molecule has 0 spiro atoms. The first-order valence-corrected chi connectivity index (χ1v) is 12.5. The first kappa shape index (κ1) is 21.6. The van der Waals surface area contributed by atoms with Crippen molar-refractivity contribution in [3.05, 3.63) is 46.4 Å². The van der Waals surface area contributed by atoms with Gasteiger partial charge >= 0.3 is 5.69 Å². The number of hydrogen-bond donors (Lipinski definition) is 1. The molecule has 1 aromatic heterocycles. The molecular formula is C23H25N3O6S. The number of sulfone groups is 1. The minimum Gasteiger partial charge on any atom is -0.454 e. The zero-order valence-corrected chi connectivity index (χ0v) is 19.3. The van der Waals surface area contributed by atoms with Crippen molar-refractivity contribution in [3.63, 3.8) is 0 Å². The molecule has 2 heterocycles. The summed E-state index contributed by atoms with van der Waals surface area (Å²) in [5, 5.41) is 2.26. The topological polar surface area (TPSA) is 109 Å². The van der Waals surface area contributed by atoms with Gasteiger partial charge in [-0.25, -0.2) is 13.2 Å². The van der Waals surface area contributed by atoms with Crippen LogP contribution in [0.5, 0.6) is 11.5 Å². The normalized spacial score (nSPS) is 16.3. The van der Waals surface area contributed by atoms with E-state index in [1.54, 1.807) is 38.4 Å². The van der Waals surface area contributed by atoms with Gasteiger partial charge in [0.2, 0.25) is 6.79 Å². The maximum absolute atomic E-state index is 13.6. The highest BCUT2D eigenvalue weighted by Crippen LogP contribution is 2.36. The number of aryl methyl sites for hydroxylation is 2. The second-order valence-corrected chi connectivity index (χ2v) is 10.8. The number of benzene rings is 2. The second kappa shape index (κ2) is 7.95. The highest BCUT2D eigenvalue weighted by atomic mass is 32.2. The molecule has 0 unspecified atom stereocenters. The molecule has 0 bridgehead atoms. The van der Waals surface area contributed by atoms with Crippen LogP contribution in [0.4, 0.5) is 5.69 Å². The van der Waals surface area contributed by atoms with E-state index in [0.717, 1.165) is 19.3 Å². The first-order chi connectivity index (χ1) is 15.8. The number of rotatable bonds is 4. The fourth-order valence-electron chi connectivity index (χ4n) is 4.65. The smallest absolute Gasteiger partial charge is 0.328 e. The zero-order valence-electron chi connectivity index (χ0n) is 18.5. The lowest BCUT2D eigenvalue weighted by molar-refractivity contribution is 0.102. The Morgan fingerprint density at radius 1 is 0.970 bits per heavy atom. The summed E-state index contributed by atoms with van der Waals surface area (Å²) in [7, 11) is -0.508. The molecule has 3 aromatic rings. The third-order valence-corrected chi connectivity index (χ3v) is 8.85. The molecule has 1 aliphatic heterocycles. The molecule has 33 heavy (non-hydrogen) atoms. The number of imidazole rings is 1. The Bertz CT molecular complexity index is 1430. The van der Waals surface area contributed by atoms with Gasteiger partial charge in [0.05, 0.1) is 26.9 Å². The van der Waals surface area contributed by atoms with Crippen molar-refractivity contribution in [2.75, 3.05) is 12.1 Å². The molecule has 174 valence electrons. The van der Waals surface area contributed by atoms with Crippen LogP contribution in [0.2, 0.25) is 0 Å². The van der Waals surface area contributed by atoms with Gasteiger partial charge in [-0.05, 0) is 43.2 Å². The Kier molecular flexibility index (Phi) is 5.19. The van der Waals surface area contributed by atoms with E-state index in [0.29, 0.717) is 40.9 Å². The fourth-order valence-corrected chi connectivity index (χ4v) is 6.65. The fraction of sp³-hybridized carbons (Fsp3) is 0.391. The van der Waals surface area contributed by atoms with Crippen molar-refractivity contribution in [2.45, 2.75) is 42.2 Å². The van der Waals surface area contributed by atoms with Crippen LogP contribution in [0.3, 0.4) is 0 Å². The molecule has 1 N–H and O–H groups in total. The summed E-state index contributed by atoms with van der Waals surface area (Å²) in [4.78, 5) is 25.6. The maximum atomic E-state index is 13.6. The minimum atomic E-state index is -3.73. The van der Waals surface area contributed by atoms with Gasteiger partial charge in [0.25, 0.3) is 5.91 Å². The Morgan fingerprint density at radius 3 is 2.36 bits per heavy atom. The van der Waals surface area contributed by atoms with Crippen LogP contribution in [-0.2, 0) is 23.9 Å². The average Bonchev–Trinajstić information content (AvgIpc) is 3.37. The lowest BCUT2D eigenvalue weighted by atomic mass is 10.0. The molecular weight excluding hydrogens is 446 g/mol. The Balaban J connectivity index is 1.61. The first-order valence-electron chi connectivity index (χ1n) is 10.9. The number of carbonyl (C=O) groups excluding carboxylic acids is 1. The van der Waals surface area contributed by atoms with Crippen molar-refractivity contribution < 1.29 is 22.7 Å². The second-order valence-electron chi connectivity index (χ2n) is 8.56. The van der Waals surface area contributed by atoms with E-state index in [4.69, 9.17) is 9.47 Å². The highest BCUT2D eigenvalue weighted by Gasteiger charge is 2.32. The molecule has 1 amide bonds. The molecule has 1 fully saturated rings. The van der Waals surface area contributed by atoms with Gasteiger partial charge in [0, 0.05) is 19.7 Å². The van der Waals surface area contributed by atoms with E-state index in [2.05, 4.69) is 5.32 Å². The average molecular weight is 472 g/mol. The summed E-state index contributed by atoms with van der Waals surface area (Å²) in [5.74, 6) is 0.528. The standard InChI is InChI=1S/C23H25N3O6S/c1-25-17-11-16(24-22(27)14-8-9-19-20(10-14)32-13-31-19)21(12-18(17)26(2)23(25)28)33(29,30)15-6-4-3-5-7-15/h8-12,15H,3-7,13H2,1-2H3,(H,24,27). The zero-order chi connectivity index (χ0) is 23.3. The summed E-state index contributed by atoms with van der Waals surface area (Å²) < 4.78 is 40.8. The molecule has 0 atom stereocenters. The molecule has 10 heteroatoms. The van der Waals surface area contributed by atoms with E-state index in [-0.39, 0.29) is 23.1 Å². The van der Waals surface area contributed by atoms with Crippen molar-refractivity contribution in [3.8, 4) is 11.5 Å². The summed E-state index contributed by atoms with van der Waals surface area (Å²) in [6.45, 7) is 0.0862. The number of fused-ring (bicyclic) bond motifs is 2. The number of ether oxygens (including phenoxy) is 2. The van der Waals surface area contributed by atoms with Crippen LogP contribution in [0.25, 0.3) is 11.0 Å². The number of amides is 1. The summed E-state index contributed by atoms with van der Waals surface area (Å²) in [6, 6.07) is 7.87. The van der Waals surface area contributed by atoms with Gasteiger partial charge in [-0.1, -0.05) is 19.3 Å². The Hall–Kier alpha value is -3.27. The van der Waals surface area contributed by atoms with Gasteiger partial charge < -0.3 is 14.8 Å². The number of nitrogens with zero attached hydrogens (tertiary/aromatic N) is 2.